The van der Waals surface area contributed by atoms with Crippen LogP contribution in [-0.2, 0) is 4.79 Å². The molecule has 0 bridgehead atoms. The van der Waals surface area contributed by atoms with Gasteiger partial charge in [-0.1, -0.05) is 29.8 Å². The van der Waals surface area contributed by atoms with Gasteiger partial charge in [0.15, 0.2) is 0 Å². The van der Waals surface area contributed by atoms with Gasteiger partial charge in [-0.15, -0.1) is 0 Å². The molecule has 0 saturated heterocycles. The van der Waals surface area contributed by atoms with Crippen LogP contribution in [0.25, 0.3) is 6.08 Å². The topological polar surface area (TPSA) is 90.2 Å². The highest BCUT2D eigenvalue weighted by Gasteiger charge is 2.11. The summed E-state index contributed by atoms with van der Waals surface area (Å²) in [6.45, 7) is 1.81. The molecule has 2 aromatic carbocycles. The van der Waals surface area contributed by atoms with E-state index in [-0.39, 0.29) is 11.1 Å². The number of hydrogen-bond donors (Lipinski definition) is 2. The van der Waals surface area contributed by atoms with E-state index in [1.165, 1.54) is 30.3 Å². The molecule has 0 radical (unpaired) electrons. The van der Waals surface area contributed by atoms with Gasteiger partial charge < -0.3 is 10.4 Å². The average Bonchev–Trinajstić information content (AvgIpc) is 2.56. The maximum atomic E-state index is 12.2. The molecule has 0 unspecified atom stereocenters. The van der Waals surface area contributed by atoms with Crippen molar-refractivity contribution in [3.05, 3.63) is 69.8 Å². The van der Waals surface area contributed by atoms with Gasteiger partial charge in [0.2, 0.25) is 0 Å². The molecule has 0 spiro atoms. The molecule has 0 aromatic heterocycles. The maximum Gasteiger partial charge on any atom is 0.335 e. The van der Waals surface area contributed by atoms with Gasteiger partial charge in [-0.3, -0.25) is 4.79 Å². The fourth-order valence-corrected chi connectivity index (χ4v) is 2.13. The van der Waals surface area contributed by atoms with Crippen LogP contribution in [0.4, 0.5) is 5.69 Å². The Morgan fingerprint density at radius 2 is 1.88 bits per heavy atom. The number of carbonyl (C=O) groups excluding carboxylic acids is 1. The third kappa shape index (κ3) is 4.22. The number of halogens is 1. The summed E-state index contributed by atoms with van der Waals surface area (Å²) in [4.78, 5) is 23.1. The van der Waals surface area contributed by atoms with E-state index in [0.717, 1.165) is 5.56 Å². The Hall–Kier alpha value is -3.10. The standard InChI is InChI=1S/C18H13ClN2O3/c1-11-2-7-15(19)9-16(11)21-17(22)14(10-20)8-12-3-5-13(6-4-12)18(23)24/h2-9H,1H3,(H,21,22)(H,23,24)/b14-8+. The first-order chi connectivity index (χ1) is 11.4. The molecule has 6 heteroatoms. The number of hydrogen-bond acceptors (Lipinski definition) is 3. The molecule has 120 valence electrons. The summed E-state index contributed by atoms with van der Waals surface area (Å²) >= 11 is 5.90. The lowest BCUT2D eigenvalue weighted by Crippen LogP contribution is -2.14. The lowest BCUT2D eigenvalue weighted by atomic mass is 10.1. The van der Waals surface area contributed by atoms with Gasteiger partial charge in [0.25, 0.3) is 5.91 Å². The third-order valence-electron chi connectivity index (χ3n) is 3.28. The van der Waals surface area contributed by atoms with Gasteiger partial charge in [-0.2, -0.15) is 5.26 Å². The van der Waals surface area contributed by atoms with Crippen molar-refractivity contribution in [1.82, 2.24) is 0 Å². The first kappa shape index (κ1) is 17.3. The zero-order valence-corrected chi connectivity index (χ0v) is 13.5. The Kier molecular flexibility index (Phi) is 5.35. The quantitative estimate of drug-likeness (QED) is 0.652. The fraction of sp³-hybridized carbons (Fsp3) is 0.0556. The highest BCUT2D eigenvalue weighted by atomic mass is 35.5. The Labute approximate surface area is 143 Å². The number of nitriles is 1. The number of carboxylic acids is 1. The Morgan fingerprint density at radius 3 is 2.46 bits per heavy atom. The van der Waals surface area contributed by atoms with Gasteiger partial charge >= 0.3 is 5.97 Å². The first-order valence-corrected chi connectivity index (χ1v) is 7.31. The van der Waals surface area contributed by atoms with Gasteiger partial charge in [-0.05, 0) is 48.4 Å². The normalized spacial score (nSPS) is 10.8. The number of amides is 1. The molecule has 0 aliphatic rings. The molecular weight excluding hydrogens is 328 g/mol. The molecule has 0 atom stereocenters. The second kappa shape index (κ2) is 7.44. The maximum absolute atomic E-state index is 12.2. The van der Waals surface area contributed by atoms with Gasteiger partial charge in [0.1, 0.15) is 11.6 Å². The predicted molar refractivity (Wildman–Crippen MR) is 91.8 cm³/mol. The number of aromatic carboxylic acids is 1. The molecule has 24 heavy (non-hydrogen) atoms. The summed E-state index contributed by atoms with van der Waals surface area (Å²) in [5.74, 6) is -1.61. The van der Waals surface area contributed by atoms with Crippen LogP contribution in [0.15, 0.2) is 48.0 Å². The number of nitrogens with one attached hydrogen (secondary N) is 1. The minimum absolute atomic E-state index is 0.0996. The van der Waals surface area contributed by atoms with Crippen LogP contribution in [0.2, 0.25) is 5.02 Å². The summed E-state index contributed by atoms with van der Waals surface area (Å²) in [5, 5.41) is 21.2. The zero-order valence-electron chi connectivity index (χ0n) is 12.7. The van der Waals surface area contributed by atoms with E-state index in [1.54, 1.807) is 18.2 Å². The van der Waals surface area contributed by atoms with Crippen LogP contribution in [0.5, 0.6) is 0 Å². The highest BCUT2D eigenvalue weighted by molar-refractivity contribution is 6.31. The zero-order chi connectivity index (χ0) is 17.7. The average molecular weight is 341 g/mol. The summed E-state index contributed by atoms with van der Waals surface area (Å²) in [5.41, 5.74) is 1.92. The molecule has 0 saturated carbocycles. The van der Waals surface area contributed by atoms with Crippen LogP contribution >= 0.6 is 11.6 Å². The van der Waals surface area contributed by atoms with Crippen molar-refractivity contribution >= 4 is 35.2 Å². The van der Waals surface area contributed by atoms with E-state index in [2.05, 4.69) is 5.32 Å². The van der Waals surface area contributed by atoms with Crippen molar-refractivity contribution in [2.75, 3.05) is 5.32 Å². The molecule has 0 aliphatic heterocycles. The van der Waals surface area contributed by atoms with Crippen molar-refractivity contribution < 1.29 is 14.7 Å². The van der Waals surface area contributed by atoms with E-state index >= 15 is 0 Å². The number of aryl methyl sites for hydroxylation is 1. The lowest BCUT2D eigenvalue weighted by molar-refractivity contribution is -0.112. The lowest BCUT2D eigenvalue weighted by Gasteiger charge is -2.08. The van der Waals surface area contributed by atoms with Crippen LogP contribution in [0, 0.1) is 18.3 Å². The number of nitrogens with zero attached hydrogens (tertiary/aromatic N) is 1. The monoisotopic (exact) mass is 340 g/mol. The Morgan fingerprint density at radius 1 is 1.21 bits per heavy atom. The number of benzene rings is 2. The molecule has 5 nitrogen and oxygen atoms in total. The van der Waals surface area contributed by atoms with Gasteiger partial charge in [-0.25, -0.2) is 4.79 Å². The third-order valence-corrected chi connectivity index (χ3v) is 3.52. The molecule has 2 aromatic rings. The van der Waals surface area contributed by atoms with Crippen LogP contribution < -0.4 is 5.32 Å². The summed E-state index contributed by atoms with van der Waals surface area (Å²) < 4.78 is 0. The minimum Gasteiger partial charge on any atom is -0.478 e. The second-order valence-electron chi connectivity index (χ2n) is 5.01. The van der Waals surface area contributed by atoms with E-state index in [0.29, 0.717) is 16.3 Å². The van der Waals surface area contributed by atoms with Crippen molar-refractivity contribution in [2.45, 2.75) is 6.92 Å². The molecule has 2 N–H and O–H groups in total. The van der Waals surface area contributed by atoms with Crippen LogP contribution in [-0.4, -0.2) is 17.0 Å². The summed E-state index contributed by atoms with van der Waals surface area (Å²) in [6.07, 6.45) is 1.39. The Balaban J connectivity index is 2.24. The summed E-state index contributed by atoms with van der Waals surface area (Å²) in [6, 6.07) is 12.8. The molecule has 2 rings (SSSR count). The van der Waals surface area contributed by atoms with Crippen molar-refractivity contribution in [3.63, 3.8) is 0 Å². The number of carbonyl (C=O) groups is 2. The number of carboxylic acid groups (broad SMARTS) is 1. The molecular formula is C18H13ClN2O3. The number of rotatable bonds is 4. The van der Waals surface area contributed by atoms with Gasteiger partial charge in [0, 0.05) is 10.7 Å². The Bertz CT molecular complexity index is 865. The SMILES string of the molecule is Cc1ccc(Cl)cc1NC(=O)/C(C#N)=C/c1ccc(C(=O)O)cc1. The van der Waals surface area contributed by atoms with Crippen LogP contribution in [0.1, 0.15) is 21.5 Å². The fourth-order valence-electron chi connectivity index (χ4n) is 1.96. The van der Waals surface area contributed by atoms with E-state index < -0.39 is 11.9 Å². The molecule has 0 fully saturated rings. The van der Waals surface area contributed by atoms with E-state index in [9.17, 15) is 14.9 Å². The molecule has 1 amide bonds. The predicted octanol–water partition coefficient (Wildman–Crippen LogP) is 3.89. The molecule has 0 heterocycles. The van der Waals surface area contributed by atoms with Crippen LogP contribution in [0.3, 0.4) is 0 Å². The summed E-state index contributed by atoms with van der Waals surface area (Å²) in [7, 11) is 0. The number of anilines is 1. The van der Waals surface area contributed by atoms with Crippen molar-refractivity contribution in [3.8, 4) is 6.07 Å². The van der Waals surface area contributed by atoms with E-state index in [4.69, 9.17) is 16.7 Å². The largest absolute Gasteiger partial charge is 0.478 e. The van der Waals surface area contributed by atoms with Gasteiger partial charge in [0.05, 0.1) is 5.56 Å². The highest BCUT2D eigenvalue weighted by Crippen LogP contribution is 2.21. The first-order valence-electron chi connectivity index (χ1n) is 6.93. The smallest absolute Gasteiger partial charge is 0.335 e. The van der Waals surface area contributed by atoms with E-state index in [1.807, 2.05) is 13.0 Å². The molecule has 0 aliphatic carbocycles. The minimum atomic E-state index is -1.04. The van der Waals surface area contributed by atoms with Crippen molar-refractivity contribution in [2.24, 2.45) is 0 Å². The second-order valence-corrected chi connectivity index (χ2v) is 5.45. The van der Waals surface area contributed by atoms with Crippen molar-refractivity contribution in [1.29, 1.82) is 5.26 Å².